The molecule has 0 fully saturated rings. The quantitative estimate of drug-likeness (QED) is 0.421. The molecule has 0 aliphatic heterocycles. The van der Waals surface area contributed by atoms with Gasteiger partial charge in [0.05, 0.1) is 16.0 Å². The molecular formula is C20H15N7OS2. The monoisotopic (exact) mass is 433 g/mol. The first kappa shape index (κ1) is 18.6. The molecule has 5 rings (SSSR count). The summed E-state index contributed by atoms with van der Waals surface area (Å²) < 4.78 is 2.73. The molecule has 0 bridgehead atoms. The number of thioether (sulfide) groups is 1. The van der Waals surface area contributed by atoms with Gasteiger partial charge in [0.25, 0.3) is 0 Å². The molecule has 4 heterocycles. The van der Waals surface area contributed by atoms with Gasteiger partial charge in [0.1, 0.15) is 5.03 Å². The highest BCUT2D eigenvalue weighted by Gasteiger charge is 2.12. The first-order chi connectivity index (χ1) is 14.7. The molecule has 148 valence electrons. The summed E-state index contributed by atoms with van der Waals surface area (Å²) in [5.41, 5.74) is 3.56. The zero-order chi connectivity index (χ0) is 20.5. The van der Waals surface area contributed by atoms with Gasteiger partial charge < -0.3 is 5.32 Å². The molecule has 4 aromatic heterocycles. The number of amides is 1. The van der Waals surface area contributed by atoms with E-state index in [9.17, 15) is 4.79 Å². The molecule has 0 spiro atoms. The Labute approximate surface area is 179 Å². The van der Waals surface area contributed by atoms with Crippen molar-refractivity contribution >= 4 is 50.0 Å². The van der Waals surface area contributed by atoms with Crippen LogP contribution in [-0.4, -0.2) is 41.4 Å². The van der Waals surface area contributed by atoms with Crippen molar-refractivity contribution in [1.29, 1.82) is 0 Å². The average molecular weight is 434 g/mol. The summed E-state index contributed by atoms with van der Waals surface area (Å²) in [5.74, 6) is 0.722. The minimum absolute atomic E-state index is 0.129. The van der Waals surface area contributed by atoms with Crippen molar-refractivity contribution in [2.45, 2.75) is 11.9 Å². The Balaban J connectivity index is 1.30. The molecule has 1 N–H and O–H groups in total. The van der Waals surface area contributed by atoms with Gasteiger partial charge in [-0.3, -0.25) is 9.78 Å². The number of rotatable bonds is 5. The minimum Gasteiger partial charge on any atom is -0.301 e. The van der Waals surface area contributed by atoms with Crippen molar-refractivity contribution in [3.8, 4) is 11.4 Å². The summed E-state index contributed by atoms with van der Waals surface area (Å²) in [7, 11) is 0. The lowest BCUT2D eigenvalue weighted by Crippen LogP contribution is -2.14. The number of fused-ring (bicyclic) bond motifs is 2. The van der Waals surface area contributed by atoms with Crippen LogP contribution in [0.3, 0.4) is 0 Å². The first-order valence-corrected chi connectivity index (χ1v) is 10.9. The van der Waals surface area contributed by atoms with Gasteiger partial charge in [0.15, 0.2) is 16.6 Å². The molecule has 1 aromatic carbocycles. The molecule has 30 heavy (non-hydrogen) atoms. The number of nitrogens with zero attached hydrogens (tertiary/aromatic N) is 6. The number of anilines is 1. The number of aromatic nitrogens is 6. The molecule has 5 aromatic rings. The van der Waals surface area contributed by atoms with Crippen molar-refractivity contribution in [2.24, 2.45) is 0 Å². The highest BCUT2D eigenvalue weighted by atomic mass is 32.2. The van der Waals surface area contributed by atoms with Gasteiger partial charge in [0.2, 0.25) is 5.91 Å². The van der Waals surface area contributed by atoms with Crippen LogP contribution >= 0.6 is 23.1 Å². The molecule has 8 nitrogen and oxygen atoms in total. The Hall–Kier alpha value is -3.37. The van der Waals surface area contributed by atoms with E-state index in [1.165, 1.54) is 28.7 Å². The second-order valence-corrected chi connectivity index (χ2v) is 8.55. The molecule has 0 aliphatic rings. The van der Waals surface area contributed by atoms with Crippen LogP contribution in [-0.2, 0) is 4.79 Å². The zero-order valence-electron chi connectivity index (χ0n) is 15.8. The Morgan fingerprint density at radius 2 is 2.00 bits per heavy atom. The molecule has 0 saturated carbocycles. The van der Waals surface area contributed by atoms with Gasteiger partial charge in [-0.15, -0.1) is 10.2 Å². The topological polar surface area (TPSA) is 98.0 Å². The Morgan fingerprint density at radius 1 is 1.13 bits per heavy atom. The Kier molecular flexibility index (Phi) is 4.85. The molecule has 0 radical (unpaired) electrons. The number of carbonyl (C=O) groups is 1. The van der Waals surface area contributed by atoms with Gasteiger partial charge in [0, 0.05) is 18.0 Å². The van der Waals surface area contributed by atoms with Gasteiger partial charge in [-0.05, 0) is 48.9 Å². The molecule has 0 atom stereocenters. The molecule has 0 unspecified atom stereocenters. The number of hydrogen-bond donors (Lipinski definition) is 1. The number of hydrogen-bond acceptors (Lipinski definition) is 8. The van der Waals surface area contributed by atoms with Crippen molar-refractivity contribution in [1.82, 2.24) is 29.8 Å². The minimum atomic E-state index is -0.129. The highest BCUT2D eigenvalue weighted by Crippen LogP contribution is 2.27. The van der Waals surface area contributed by atoms with E-state index < -0.39 is 0 Å². The molecular weight excluding hydrogens is 418 g/mol. The normalized spacial score (nSPS) is 11.2. The van der Waals surface area contributed by atoms with Crippen LogP contribution in [0.1, 0.15) is 5.56 Å². The predicted molar refractivity (Wildman–Crippen MR) is 118 cm³/mol. The van der Waals surface area contributed by atoms with E-state index in [4.69, 9.17) is 0 Å². The molecule has 0 saturated heterocycles. The third kappa shape index (κ3) is 3.74. The molecule has 0 aliphatic carbocycles. The van der Waals surface area contributed by atoms with E-state index in [2.05, 4.69) is 36.6 Å². The van der Waals surface area contributed by atoms with Crippen molar-refractivity contribution < 1.29 is 4.79 Å². The second kappa shape index (κ2) is 7.81. The zero-order valence-corrected chi connectivity index (χ0v) is 17.4. The summed E-state index contributed by atoms with van der Waals surface area (Å²) in [4.78, 5) is 20.9. The smallest absolute Gasteiger partial charge is 0.236 e. The third-order valence-electron chi connectivity index (χ3n) is 4.32. The number of carbonyl (C=O) groups excluding carboxylic acids is 1. The summed E-state index contributed by atoms with van der Waals surface area (Å²) in [5, 5.41) is 17.1. The second-order valence-electron chi connectivity index (χ2n) is 6.53. The highest BCUT2D eigenvalue weighted by molar-refractivity contribution is 7.99. The van der Waals surface area contributed by atoms with Crippen LogP contribution < -0.4 is 5.32 Å². The van der Waals surface area contributed by atoms with Gasteiger partial charge in [-0.1, -0.05) is 29.2 Å². The lowest BCUT2D eigenvalue weighted by Gasteiger charge is -2.03. The third-order valence-corrected chi connectivity index (χ3v) is 6.17. The Morgan fingerprint density at radius 3 is 2.87 bits per heavy atom. The SMILES string of the molecule is Cc1ccc2nc(NC(=O)CSc3ccc4nnc(-c5ccncc5)n4n3)sc2c1. The summed E-state index contributed by atoms with van der Waals surface area (Å²) in [6, 6.07) is 13.4. The fourth-order valence-electron chi connectivity index (χ4n) is 2.91. The van der Waals surface area contributed by atoms with E-state index in [-0.39, 0.29) is 11.7 Å². The maximum absolute atomic E-state index is 12.4. The van der Waals surface area contributed by atoms with E-state index in [0.29, 0.717) is 21.6 Å². The van der Waals surface area contributed by atoms with Crippen LogP contribution in [0, 0.1) is 6.92 Å². The van der Waals surface area contributed by atoms with E-state index in [1.807, 2.05) is 43.3 Å². The lowest BCUT2D eigenvalue weighted by atomic mass is 10.2. The molecule has 1 amide bonds. The predicted octanol–water partition coefficient (Wildman–Crippen LogP) is 3.84. The summed E-state index contributed by atoms with van der Waals surface area (Å²) in [6.07, 6.45) is 3.39. The standard InChI is InChI=1S/C20H15N7OS2/c1-12-2-3-14-15(10-12)30-20(22-14)23-17(28)11-29-18-5-4-16-24-25-19(27(16)26-18)13-6-8-21-9-7-13/h2-10H,11H2,1H3,(H,22,23,28). The van der Waals surface area contributed by atoms with Gasteiger partial charge in [-0.2, -0.15) is 9.61 Å². The van der Waals surface area contributed by atoms with Crippen LogP contribution in [0.4, 0.5) is 5.13 Å². The lowest BCUT2D eigenvalue weighted by molar-refractivity contribution is -0.113. The van der Waals surface area contributed by atoms with Crippen LogP contribution in [0.5, 0.6) is 0 Å². The van der Waals surface area contributed by atoms with Crippen LogP contribution in [0.15, 0.2) is 59.9 Å². The average Bonchev–Trinajstić information content (AvgIpc) is 3.35. The fourth-order valence-corrected chi connectivity index (χ4v) is 4.55. The van der Waals surface area contributed by atoms with E-state index in [0.717, 1.165) is 15.8 Å². The van der Waals surface area contributed by atoms with E-state index >= 15 is 0 Å². The Bertz CT molecular complexity index is 1360. The number of nitrogens with one attached hydrogen (secondary N) is 1. The summed E-state index contributed by atoms with van der Waals surface area (Å²) >= 11 is 2.81. The number of aryl methyl sites for hydroxylation is 1. The number of benzene rings is 1. The van der Waals surface area contributed by atoms with E-state index in [1.54, 1.807) is 16.9 Å². The summed E-state index contributed by atoms with van der Waals surface area (Å²) in [6.45, 7) is 2.04. The fraction of sp³-hybridized carbons (Fsp3) is 0.100. The number of thiazole rings is 1. The largest absolute Gasteiger partial charge is 0.301 e. The van der Waals surface area contributed by atoms with Crippen LogP contribution in [0.25, 0.3) is 27.3 Å². The van der Waals surface area contributed by atoms with Crippen molar-refractivity contribution in [3.05, 3.63) is 60.4 Å². The maximum atomic E-state index is 12.4. The van der Waals surface area contributed by atoms with Gasteiger partial charge in [-0.25, -0.2) is 4.98 Å². The van der Waals surface area contributed by atoms with Crippen molar-refractivity contribution in [2.75, 3.05) is 11.1 Å². The molecule has 10 heteroatoms. The number of pyridine rings is 1. The van der Waals surface area contributed by atoms with Gasteiger partial charge >= 0.3 is 0 Å². The van der Waals surface area contributed by atoms with Crippen LogP contribution in [0.2, 0.25) is 0 Å². The maximum Gasteiger partial charge on any atom is 0.236 e. The van der Waals surface area contributed by atoms with Crippen molar-refractivity contribution in [3.63, 3.8) is 0 Å². The first-order valence-electron chi connectivity index (χ1n) is 9.08.